The molecule has 0 bridgehead atoms. The largest absolute Gasteiger partial charge is 0.207 e. The van der Waals surface area contributed by atoms with Crippen molar-refractivity contribution in [1.29, 1.82) is 0 Å². The molecule has 4 heteroatoms. The van der Waals surface area contributed by atoms with Crippen LogP contribution >= 0.6 is 0 Å². The van der Waals surface area contributed by atoms with E-state index in [9.17, 15) is 17.6 Å². The van der Waals surface area contributed by atoms with Gasteiger partial charge >= 0.3 is 0 Å². The van der Waals surface area contributed by atoms with Crippen molar-refractivity contribution < 1.29 is 17.6 Å². The predicted octanol–water partition coefficient (Wildman–Crippen LogP) is 7.67. The summed E-state index contributed by atoms with van der Waals surface area (Å²) in [6.07, 6.45) is 5.89. The highest BCUT2D eigenvalue weighted by atomic mass is 19.1. The first kappa shape index (κ1) is 21.3. The first-order valence-corrected chi connectivity index (χ1v) is 9.38. The molecule has 0 heterocycles. The number of hydrogen-bond donors (Lipinski definition) is 0. The molecule has 152 valence electrons. The molecule has 0 N–H and O–H groups in total. The SMILES string of the molecule is C=C(/C=C\C(=C/C)c1cc(F)cc(F)c1)Cc1ccc(-c2cc(F)cc(F)c2)cc1. The minimum absolute atomic E-state index is 0.450. The maximum atomic E-state index is 13.5. The zero-order valence-corrected chi connectivity index (χ0v) is 16.4. The van der Waals surface area contributed by atoms with Gasteiger partial charge in [-0.25, -0.2) is 17.6 Å². The van der Waals surface area contributed by atoms with Gasteiger partial charge in [0.15, 0.2) is 0 Å². The van der Waals surface area contributed by atoms with E-state index in [1.54, 1.807) is 37.3 Å². The summed E-state index contributed by atoms with van der Waals surface area (Å²) in [6.45, 7) is 5.82. The van der Waals surface area contributed by atoms with Crippen LogP contribution in [0.1, 0.15) is 18.1 Å². The van der Waals surface area contributed by atoms with Crippen molar-refractivity contribution in [2.45, 2.75) is 13.3 Å². The van der Waals surface area contributed by atoms with E-state index in [4.69, 9.17) is 0 Å². The molecule has 0 radical (unpaired) electrons. The molecule has 0 saturated carbocycles. The fourth-order valence-electron chi connectivity index (χ4n) is 3.14. The third-order valence-electron chi connectivity index (χ3n) is 4.59. The Labute approximate surface area is 173 Å². The van der Waals surface area contributed by atoms with E-state index in [2.05, 4.69) is 6.58 Å². The maximum absolute atomic E-state index is 13.5. The molecule has 0 amide bonds. The topological polar surface area (TPSA) is 0 Å². The zero-order chi connectivity index (χ0) is 21.7. The molecule has 30 heavy (non-hydrogen) atoms. The van der Waals surface area contributed by atoms with E-state index in [-0.39, 0.29) is 0 Å². The van der Waals surface area contributed by atoms with Crippen LogP contribution in [0.5, 0.6) is 0 Å². The molecule has 0 spiro atoms. The monoisotopic (exact) mass is 408 g/mol. The predicted molar refractivity (Wildman–Crippen MR) is 114 cm³/mol. The van der Waals surface area contributed by atoms with Gasteiger partial charge in [0.05, 0.1) is 0 Å². The van der Waals surface area contributed by atoms with Gasteiger partial charge in [0.1, 0.15) is 23.3 Å². The Kier molecular flexibility index (Phi) is 6.68. The van der Waals surface area contributed by atoms with Crippen LogP contribution in [0.15, 0.2) is 91.0 Å². The standard InChI is InChI=1S/C26H20F4/c1-3-19(21-11-23(27)15-24(28)12-21)7-4-17(2)10-18-5-8-20(9-6-18)22-13-25(29)16-26(30)14-22/h3-9,11-16H,2,10H2,1H3/b7-4-,19-3+. The van der Waals surface area contributed by atoms with E-state index in [0.29, 0.717) is 28.7 Å². The molecule has 3 rings (SSSR count). The molecular formula is C26H20F4. The molecule has 0 fully saturated rings. The van der Waals surface area contributed by atoms with Gasteiger partial charge in [0, 0.05) is 12.1 Å². The highest BCUT2D eigenvalue weighted by Crippen LogP contribution is 2.23. The number of allylic oxidation sites excluding steroid dienone is 5. The molecule has 3 aromatic carbocycles. The van der Waals surface area contributed by atoms with Crippen LogP contribution in [0.3, 0.4) is 0 Å². The highest BCUT2D eigenvalue weighted by molar-refractivity contribution is 5.74. The smallest absolute Gasteiger partial charge is 0.126 e. The molecule has 0 aliphatic carbocycles. The molecule has 0 unspecified atom stereocenters. The quantitative estimate of drug-likeness (QED) is 0.290. The Hall–Kier alpha value is -3.40. The molecule has 0 saturated heterocycles. The highest BCUT2D eigenvalue weighted by Gasteiger charge is 2.05. The van der Waals surface area contributed by atoms with Gasteiger partial charge in [-0.15, -0.1) is 0 Å². The van der Waals surface area contributed by atoms with Crippen molar-refractivity contribution >= 4 is 5.57 Å². The summed E-state index contributed by atoms with van der Waals surface area (Å²) in [5, 5.41) is 0. The van der Waals surface area contributed by atoms with Gasteiger partial charge in [-0.05, 0) is 65.4 Å². The zero-order valence-electron chi connectivity index (χ0n) is 16.4. The van der Waals surface area contributed by atoms with Crippen LogP contribution in [0.2, 0.25) is 0 Å². The van der Waals surface area contributed by atoms with Crippen molar-refractivity contribution in [2.24, 2.45) is 0 Å². The van der Waals surface area contributed by atoms with Gasteiger partial charge in [-0.1, -0.05) is 54.6 Å². The molecule has 3 aromatic rings. The van der Waals surface area contributed by atoms with Gasteiger partial charge in [-0.2, -0.15) is 0 Å². The van der Waals surface area contributed by atoms with E-state index in [1.807, 2.05) is 12.1 Å². The minimum atomic E-state index is -0.630. The average molecular weight is 408 g/mol. The van der Waals surface area contributed by atoms with Crippen LogP contribution in [0, 0.1) is 23.3 Å². The Morgan fingerprint density at radius 2 is 1.27 bits per heavy atom. The fourth-order valence-corrected chi connectivity index (χ4v) is 3.14. The summed E-state index contributed by atoms with van der Waals surface area (Å²) in [6, 6.07) is 14.1. The van der Waals surface area contributed by atoms with Crippen LogP contribution < -0.4 is 0 Å². The third-order valence-corrected chi connectivity index (χ3v) is 4.59. The van der Waals surface area contributed by atoms with E-state index in [1.165, 1.54) is 24.3 Å². The maximum Gasteiger partial charge on any atom is 0.126 e. The van der Waals surface area contributed by atoms with Crippen LogP contribution in [-0.4, -0.2) is 0 Å². The molecule has 0 aromatic heterocycles. The number of hydrogen-bond acceptors (Lipinski definition) is 0. The Bertz CT molecular complexity index is 1080. The number of rotatable bonds is 6. The Morgan fingerprint density at radius 3 is 1.80 bits per heavy atom. The molecular weight excluding hydrogens is 388 g/mol. The van der Waals surface area contributed by atoms with Gasteiger partial charge in [0.2, 0.25) is 0 Å². The lowest BCUT2D eigenvalue weighted by Crippen LogP contribution is -1.89. The van der Waals surface area contributed by atoms with Crippen molar-refractivity contribution in [3.05, 3.63) is 125 Å². The Balaban J connectivity index is 1.69. The second-order valence-electron chi connectivity index (χ2n) is 6.93. The van der Waals surface area contributed by atoms with Crippen LogP contribution in [-0.2, 0) is 6.42 Å². The fraction of sp³-hybridized carbons (Fsp3) is 0.0769. The van der Waals surface area contributed by atoms with Gasteiger partial charge < -0.3 is 0 Å². The first-order valence-electron chi connectivity index (χ1n) is 9.38. The van der Waals surface area contributed by atoms with E-state index >= 15 is 0 Å². The lowest BCUT2D eigenvalue weighted by molar-refractivity contribution is 0.582. The van der Waals surface area contributed by atoms with Crippen molar-refractivity contribution in [2.75, 3.05) is 0 Å². The summed E-state index contributed by atoms with van der Waals surface area (Å²) in [7, 11) is 0. The summed E-state index contributed by atoms with van der Waals surface area (Å²) in [4.78, 5) is 0. The minimum Gasteiger partial charge on any atom is -0.207 e. The van der Waals surface area contributed by atoms with Gasteiger partial charge in [-0.3, -0.25) is 0 Å². The van der Waals surface area contributed by atoms with Gasteiger partial charge in [0.25, 0.3) is 0 Å². The van der Waals surface area contributed by atoms with E-state index < -0.39 is 23.3 Å². The van der Waals surface area contributed by atoms with Crippen LogP contribution in [0.4, 0.5) is 17.6 Å². The van der Waals surface area contributed by atoms with Crippen molar-refractivity contribution in [3.63, 3.8) is 0 Å². The van der Waals surface area contributed by atoms with Crippen molar-refractivity contribution in [3.8, 4) is 11.1 Å². The normalized spacial score (nSPS) is 11.8. The first-order chi connectivity index (χ1) is 14.3. The average Bonchev–Trinajstić information content (AvgIpc) is 2.67. The van der Waals surface area contributed by atoms with Crippen molar-refractivity contribution in [1.82, 2.24) is 0 Å². The second-order valence-corrected chi connectivity index (χ2v) is 6.93. The summed E-state index contributed by atoms with van der Waals surface area (Å²) >= 11 is 0. The molecule has 0 aliphatic rings. The summed E-state index contributed by atoms with van der Waals surface area (Å²) in [5.41, 5.74) is 4.09. The molecule has 0 nitrogen and oxygen atoms in total. The summed E-state index contributed by atoms with van der Waals surface area (Å²) < 4.78 is 53.7. The van der Waals surface area contributed by atoms with Crippen LogP contribution in [0.25, 0.3) is 16.7 Å². The Morgan fingerprint density at radius 1 is 0.733 bits per heavy atom. The second kappa shape index (κ2) is 9.40. The summed E-state index contributed by atoms with van der Waals surface area (Å²) in [5.74, 6) is -2.50. The lowest BCUT2D eigenvalue weighted by atomic mass is 9.99. The number of benzene rings is 3. The lowest BCUT2D eigenvalue weighted by Gasteiger charge is -2.07. The molecule has 0 aliphatic heterocycles. The van der Waals surface area contributed by atoms with E-state index in [0.717, 1.165) is 23.3 Å². The third kappa shape index (κ3) is 5.57. The molecule has 0 atom stereocenters. The number of halogens is 4.